The predicted octanol–water partition coefficient (Wildman–Crippen LogP) is 3.86. The molecule has 2 aliphatic heterocycles. The molecule has 4 rings (SSSR count). The van der Waals surface area contributed by atoms with E-state index in [1.807, 2.05) is 31.2 Å². The largest absolute Gasteiger partial charge is 0.586 e. The number of anilines is 1. The monoisotopic (exact) mass is 404 g/mol. The molecule has 6 nitrogen and oxygen atoms in total. The van der Waals surface area contributed by atoms with Crippen LogP contribution in [0.25, 0.3) is 0 Å². The molecule has 0 aromatic heterocycles. The Kier molecular flexibility index (Phi) is 4.94. The van der Waals surface area contributed by atoms with E-state index < -0.39 is 6.29 Å². The predicted molar refractivity (Wildman–Crippen MR) is 103 cm³/mol. The van der Waals surface area contributed by atoms with Gasteiger partial charge in [0.2, 0.25) is 5.91 Å². The Morgan fingerprint density at radius 1 is 1.21 bits per heavy atom. The van der Waals surface area contributed by atoms with Gasteiger partial charge in [-0.05, 0) is 36.8 Å². The molecular weight excluding hydrogens is 382 g/mol. The zero-order valence-corrected chi connectivity index (χ0v) is 16.2. The third-order valence-electron chi connectivity index (χ3n) is 5.00. The van der Waals surface area contributed by atoms with Gasteiger partial charge in [-0.15, -0.1) is 8.78 Å². The number of benzene rings is 2. The molecule has 2 aliphatic rings. The van der Waals surface area contributed by atoms with Gasteiger partial charge in [-0.3, -0.25) is 4.79 Å². The first kappa shape index (κ1) is 19.3. The van der Waals surface area contributed by atoms with Crippen LogP contribution in [0.3, 0.4) is 0 Å². The lowest BCUT2D eigenvalue weighted by atomic mass is 10.1. The second-order valence-electron chi connectivity index (χ2n) is 7.26. The fraction of sp³-hybridized carbons (Fsp3) is 0.381. The molecule has 2 atom stereocenters. The number of rotatable bonds is 5. The quantitative estimate of drug-likeness (QED) is 0.820. The number of carbonyl (C=O) groups excluding carboxylic acids is 1. The Morgan fingerprint density at radius 3 is 2.66 bits per heavy atom. The smallest absolute Gasteiger partial charge is 0.489 e. The Labute approximate surface area is 167 Å². The van der Waals surface area contributed by atoms with Crippen LogP contribution in [0, 0.1) is 0 Å². The van der Waals surface area contributed by atoms with E-state index in [-0.39, 0.29) is 29.6 Å². The average molecular weight is 404 g/mol. The second kappa shape index (κ2) is 7.42. The minimum atomic E-state index is -3.61. The first-order valence-corrected chi connectivity index (χ1v) is 9.48. The van der Waals surface area contributed by atoms with Crippen LogP contribution in [-0.2, 0) is 4.79 Å². The molecule has 29 heavy (non-hydrogen) atoms. The average Bonchev–Trinajstić information content (AvgIpc) is 3.23. The number of fused-ring (bicyclic) bond motifs is 1. The molecule has 2 aromatic rings. The van der Waals surface area contributed by atoms with E-state index in [4.69, 9.17) is 4.74 Å². The summed E-state index contributed by atoms with van der Waals surface area (Å²) in [6.07, 6.45) is -2.81. The van der Waals surface area contributed by atoms with Crippen molar-refractivity contribution >= 4 is 11.6 Å². The van der Waals surface area contributed by atoms with Gasteiger partial charge in [0.1, 0.15) is 11.9 Å². The van der Waals surface area contributed by atoms with E-state index in [9.17, 15) is 13.6 Å². The first-order chi connectivity index (χ1) is 13.8. The maximum atomic E-state index is 13.2. The van der Waals surface area contributed by atoms with Crippen molar-refractivity contribution in [2.24, 2.45) is 0 Å². The van der Waals surface area contributed by atoms with Crippen molar-refractivity contribution in [3.8, 4) is 17.2 Å². The number of hydrogen-bond acceptors (Lipinski definition) is 5. The second-order valence-corrected chi connectivity index (χ2v) is 7.26. The van der Waals surface area contributed by atoms with Crippen LogP contribution >= 0.6 is 0 Å². The lowest BCUT2D eigenvalue weighted by molar-refractivity contribution is -0.286. The van der Waals surface area contributed by atoms with Gasteiger partial charge in [-0.25, -0.2) is 0 Å². The number of hydrogen-bond donors (Lipinski definition) is 1. The molecule has 2 heterocycles. The van der Waals surface area contributed by atoms with Crippen molar-refractivity contribution in [3.63, 3.8) is 0 Å². The lowest BCUT2D eigenvalue weighted by Crippen LogP contribution is -2.26. The van der Waals surface area contributed by atoms with E-state index in [2.05, 4.69) is 19.7 Å². The Hall–Kier alpha value is -3.03. The van der Waals surface area contributed by atoms with Gasteiger partial charge >= 0.3 is 6.29 Å². The maximum Gasteiger partial charge on any atom is 0.586 e. The topological polar surface area (TPSA) is 60.0 Å². The first-order valence-electron chi connectivity index (χ1n) is 9.48. The van der Waals surface area contributed by atoms with E-state index >= 15 is 0 Å². The number of alkyl halides is 2. The molecule has 1 amide bonds. The van der Waals surface area contributed by atoms with Crippen LogP contribution < -0.4 is 24.4 Å². The molecule has 0 spiro atoms. The third-order valence-corrected chi connectivity index (χ3v) is 5.00. The molecule has 154 valence electrons. The zero-order valence-electron chi connectivity index (χ0n) is 16.2. The molecule has 0 aliphatic carbocycles. The van der Waals surface area contributed by atoms with E-state index in [0.717, 1.165) is 30.0 Å². The minimum Gasteiger partial charge on any atom is -0.489 e. The van der Waals surface area contributed by atoms with E-state index in [0.29, 0.717) is 6.54 Å². The summed E-state index contributed by atoms with van der Waals surface area (Å²) in [4.78, 5) is 13.2. The fourth-order valence-corrected chi connectivity index (χ4v) is 3.61. The highest BCUT2D eigenvalue weighted by molar-refractivity contribution is 5.73. The highest BCUT2D eigenvalue weighted by Crippen LogP contribution is 2.43. The molecule has 0 saturated carbocycles. The van der Waals surface area contributed by atoms with Gasteiger partial charge in [-0.2, -0.15) is 0 Å². The number of halogens is 2. The Morgan fingerprint density at radius 2 is 1.93 bits per heavy atom. The summed E-state index contributed by atoms with van der Waals surface area (Å²) < 4.78 is 41.4. The van der Waals surface area contributed by atoms with Crippen molar-refractivity contribution in [2.45, 2.75) is 38.7 Å². The number of ether oxygens (including phenoxy) is 3. The molecule has 2 aromatic carbocycles. The van der Waals surface area contributed by atoms with Gasteiger partial charge in [0.25, 0.3) is 0 Å². The summed E-state index contributed by atoms with van der Waals surface area (Å²) in [6, 6.07) is 12.4. The van der Waals surface area contributed by atoms with Gasteiger partial charge in [-0.1, -0.05) is 12.1 Å². The van der Waals surface area contributed by atoms with Gasteiger partial charge in [0, 0.05) is 31.6 Å². The highest BCUT2D eigenvalue weighted by Gasteiger charge is 2.43. The summed E-state index contributed by atoms with van der Waals surface area (Å²) in [5, 5.41) is 2.85. The van der Waals surface area contributed by atoms with Gasteiger partial charge < -0.3 is 24.4 Å². The normalized spacial score (nSPS) is 20.4. The third kappa shape index (κ3) is 4.36. The van der Waals surface area contributed by atoms with Crippen molar-refractivity contribution in [1.29, 1.82) is 0 Å². The summed E-state index contributed by atoms with van der Waals surface area (Å²) in [5.41, 5.74) is 1.79. The van der Waals surface area contributed by atoms with Crippen LogP contribution in [-0.4, -0.2) is 31.4 Å². The van der Waals surface area contributed by atoms with Gasteiger partial charge in [0.05, 0.1) is 12.6 Å². The zero-order chi connectivity index (χ0) is 20.6. The van der Waals surface area contributed by atoms with Gasteiger partial charge in [0.15, 0.2) is 11.5 Å². The molecule has 0 bridgehead atoms. The summed E-state index contributed by atoms with van der Waals surface area (Å²) in [7, 11) is 0. The van der Waals surface area contributed by atoms with Crippen molar-refractivity contribution in [1.82, 2.24) is 5.32 Å². The number of amides is 1. The highest BCUT2D eigenvalue weighted by atomic mass is 19.3. The van der Waals surface area contributed by atoms with Crippen LogP contribution in [0.5, 0.6) is 17.2 Å². The van der Waals surface area contributed by atoms with Crippen molar-refractivity contribution in [2.75, 3.05) is 18.0 Å². The van der Waals surface area contributed by atoms with Crippen LogP contribution in [0.1, 0.15) is 31.9 Å². The van der Waals surface area contributed by atoms with E-state index in [1.54, 1.807) is 12.1 Å². The summed E-state index contributed by atoms with van der Waals surface area (Å²) in [5.74, 6) is 0.761. The standard InChI is InChI=1S/C21H22F2N2O4/c1-13(24-14(2)26)15-3-6-17(7-4-15)27-18-9-10-25(12-18)16-5-8-19-20(11-16)29-21(22,23)28-19/h3-8,11,13,18H,9-10,12H2,1-2H3,(H,24,26)/t13-,18+/m0/s1. The maximum absolute atomic E-state index is 13.2. The molecule has 0 unspecified atom stereocenters. The molecule has 1 N–H and O–H groups in total. The molecular formula is C21H22F2N2O4. The van der Waals surface area contributed by atoms with Crippen LogP contribution in [0.15, 0.2) is 42.5 Å². The molecule has 0 radical (unpaired) electrons. The van der Waals surface area contributed by atoms with Crippen LogP contribution in [0.2, 0.25) is 0 Å². The summed E-state index contributed by atoms with van der Waals surface area (Å²) in [6.45, 7) is 4.80. The molecule has 8 heteroatoms. The number of nitrogens with one attached hydrogen (secondary N) is 1. The minimum absolute atomic E-state index is 0.0134. The number of carbonyl (C=O) groups is 1. The summed E-state index contributed by atoms with van der Waals surface area (Å²) >= 11 is 0. The van der Waals surface area contributed by atoms with E-state index in [1.165, 1.54) is 13.0 Å². The Bertz CT molecular complexity index is 904. The van der Waals surface area contributed by atoms with Crippen molar-refractivity contribution < 1.29 is 27.8 Å². The Balaban J connectivity index is 1.36. The SMILES string of the molecule is CC(=O)N[C@@H](C)c1ccc(O[C@@H]2CCN(c3ccc4c(c3)OC(F)(F)O4)C2)cc1. The van der Waals surface area contributed by atoms with Crippen LogP contribution in [0.4, 0.5) is 14.5 Å². The molecule has 1 fully saturated rings. The number of nitrogens with zero attached hydrogens (tertiary/aromatic N) is 1. The lowest BCUT2D eigenvalue weighted by Gasteiger charge is -2.19. The molecule has 1 saturated heterocycles. The van der Waals surface area contributed by atoms with Crippen molar-refractivity contribution in [3.05, 3.63) is 48.0 Å². The fourth-order valence-electron chi connectivity index (χ4n) is 3.61.